The van der Waals surface area contributed by atoms with Crippen LogP contribution in [-0.4, -0.2) is 36.8 Å². The highest BCUT2D eigenvalue weighted by Crippen LogP contribution is 2.30. The van der Waals surface area contributed by atoms with Crippen LogP contribution >= 0.6 is 0 Å². The molecule has 1 aliphatic carbocycles. The van der Waals surface area contributed by atoms with Gasteiger partial charge in [0.05, 0.1) is 18.6 Å². The van der Waals surface area contributed by atoms with Gasteiger partial charge < -0.3 is 14.8 Å². The van der Waals surface area contributed by atoms with Crippen LogP contribution in [0.3, 0.4) is 0 Å². The number of nitrogens with zero attached hydrogens (tertiary/aromatic N) is 1. The van der Waals surface area contributed by atoms with Crippen molar-refractivity contribution < 1.29 is 27.4 Å². The van der Waals surface area contributed by atoms with Crippen molar-refractivity contribution in [2.45, 2.75) is 51.3 Å². The Morgan fingerprint density at radius 2 is 2.00 bits per heavy atom. The van der Waals surface area contributed by atoms with Crippen LogP contribution in [0, 0.1) is 5.92 Å². The second-order valence-electron chi connectivity index (χ2n) is 6.40. The first-order valence-corrected chi connectivity index (χ1v) is 8.94. The van der Waals surface area contributed by atoms with E-state index in [1.807, 2.05) is 0 Å². The SMILES string of the molecule is CCOC(=O)CCNC[C@H]1CC[C@H](Oc2ccc(C(F)(F)F)cn2)CC1. The van der Waals surface area contributed by atoms with Crippen molar-refractivity contribution in [2.75, 3.05) is 19.7 Å². The van der Waals surface area contributed by atoms with Gasteiger partial charge in [-0.1, -0.05) is 0 Å². The number of rotatable bonds is 8. The van der Waals surface area contributed by atoms with Crippen LogP contribution in [0.15, 0.2) is 18.3 Å². The minimum atomic E-state index is -4.39. The van der Waals surface area contributed by atoms with Crippen LogP contribution in [0.4, 0.5) is 13.2 Å². The Kier molecular flexibility index (Phi) is 7.68. The molecule has 5 nitrogen and oxygen atoms in total. The Morgan fingerprint density at radius 3 is 2.58 bits per heavy atom. The van der Waals surface area contributed by atoms with Crippen LogP contribution in [0.5, 0.6) is 5.88 Å². The van der Waals surface area contributed by atoms with E-state index in [2.05, 4.69) is 10.3 Å². The molecule has 0 saturated heterocycles. The van der Waals surface area contributed by atoms with Gasteiger partial charge in [-0.25, -0.2) is 4.98 Å². The maximum atomic E-state index is 12.5. The van der Waals surface area contributed by atoms with E-state index in [0.29, 0.717) is 25.5 Å². The molecule has 1 N–H and O–H groups in total. The molecule has 8 heteroatoms. The Labute approximate surface area is 151 Å². The largest absolute Gasteiger partial charge is 0.474 e. The molecule has 0 aromatic carbocycles. The van der Waals surface area contributed by atoms with Crippen molar-refractivity contribution in [1.82, 2.24) is 10.3 Å². The van der Waals surface area contributed by atoms with Gasteiger partial charge in [0.1, 0.15) is 6.10 Å². The smallest absolute Gasteiger partial charge is 0.417 e. The lowest BCUT2D eigenvalue weighted by Crippen LogP contribution is -2.31. The van der Waals surface area contributed by atoms with Gasteiger partial charge in [-0.3, -0.25) is 4.79 Å². The predicted molar refractivity (Wildman–Crippen MR) is 89.7 cm³/mol. The summed E-state index contributed by atoms with van der Waals surface area (Å²) in [7, 11) is 0. The number of pyridine rings is 1. The number of hydrogen-bond acceptors (Lipinski definition) is 5. The summed E-state index contributed by atoms with van der Waals surface area (Å²) in [5.41, 5.74) is -0.776. The van der Waals surface area contributed by atoms with Gasteiger partial charge in [0.25, 0.3) is 0 Å². The molecule has 146 valence electrons. The molecule has 26 heavy (non-hydrogen) atoms. The molecule has 0 amide bonds. The molecule has 0 atom stereocenters. The minimum Gasteiger partial charge on any atom is -0.474 e. The molecule has 0 aliphatic heterocycles. The van der Waals surface area contributed by atoms with E-state index >= 15 is 0 Å². The maximum Gasteiger partial charge on any atom is 0.417 e. The molecule has 2 rings (SSSR count). The number of aromatic nitrogens is 1. The molecule has 1 heterocycles. The first-order valence-electron chi connectivity index (χ1n) is 8.94. The van der Waals surface area contributed by atoms with E-state index in [1.165, 1.54) is 6.07 Å². The summed E-state index contributed by atoms with van der Waals surface area (Å²) in [6, 6.07) is 2.26. The lowest BCUT2D eigenvalue weighted by molar-refractivity contribution is -0.143. The van der Waals surface area contributed by atoms with Crippen molar-refractivity contribution in [2.24, 2.45) is 5.92 Å². The van der Waals surface area contributed by atoms with Gasteiger partial charge in [-0.05, 0) is 51.1 Å². The molecule has 1 aliphatic rings. The molecule has 1 fully saturated rings. The minimum absolute atomic E-state index is 0.0185. The quantitative estimate of drug-likeness (QED) is 0.557. The summed E-state index contributed by atoms with van der Waals surface area (Å²) in [6.45, 7) is 3.62. The van der Waals surface area contributed by atoms with E-state index in [9.17, 15) is 18.0 Å². The maximum absolute atomic E-state index is 12.5. The molecule has 0 unspecified atom stereocenters. The summed E-state index contributed by atoms with van der Waals surface area (Å²) in [6.07, 6.45) is 0.384. The van der Waals surface area contributed by atoms with Crippen LogP contribution in [0.1, 0.15) is 44.6 Å². The van der Waals surface area contributed by atoms with Crippen molar-refractivity contribution in [3.63, 3.8) is 0 Å². The lowest BCUT2D eigenvalue weighted by atomic mass is 9.87. The van der Waals surface area contributed by atoms with Crippen LogP contribution in [0.2, 0.25) is 0 Å². The van der Waals surface area contributed by atoms with Crippen molar-refractivity contribution in [3.8, 4) is 5.88 Å². The number of esters is 1. The lowest BCUT2D eigenvalue weighted by Gasteiger charge is -2.28. The third-order valence-electron chi connectivity index (χ3n) is 4.39. The standard InChI is InChI=1S/C18H25F3N2O3/c1-2-25-17(24)9-10-22-11-13-3-6-15(7-4-13)26-16-8-5-14(12-23-16)18(19,20)21/h5,8,12-13,15,22H,2-4,6-7,9-11H2,1H3/t13-,15-. The fourth-order valence-corrected chi connectivity index (χ4v) is 2.97. The highest BCUT2D eigenvalue weighted by Gasteiger charge is 2.31. The molecule has 0 radical (unpaired) electrons. The van der Waals surface area contributed by atoms with E-state index in [0.717, 1.165) is 44.5 Å². The Morgan fingerprint density at radius 1 is 1.27 bits per heavy atom. The molecule has 1 aromatic rings. The summed E-state index contributed by atoms with van der Waals surface area (Å²) < 4.78 is 48.1. The first kappa shape index (κ1) is 20.5. The van der Waals surface area contributed by atoms with Gasteiger partial charge in [0.2, 0.25) is 5.88 Å². The fraction of sp³-hybridized carbons (Fsp3) is 0.667. The Balaban J connectivity index is 1.65. The van der Waals surface area contributed by atoms with Gasteiger partial charge >= 0.3 is 12.1 Å². The van der Waals surface area contributed by atoms with Crippen LogP contribution < -0.4 is 10.1 Å². The van der Waals surface area contributed by atoms with E-state index in [-0.39, 0.29) is 18.0 Å². The highest BCUT2D eigenvalue weighted by atomic mass is 19.4. The summed E-state index contributed by atoms with van der Waals surface area (Å²) >= 11 is 0. The zero-order valence-electron chi connectivity index (χ0n) is 14.8. The monoisotopic (exact) mass is 374 g/mol. The highest BCUT2D eigenvalue weighted by molar-refractivity contribution is 5.69. The molecular formula is C18H25F3N2O3. The predicted octanol–water partition coefficient (Wildman–Crippen LogP) is 3.58. The van der Waals surface area contributed by atoms with Gasteiger partial charge in [0, 0.05) is 18.8 Å². The average Bonchev–Trinajstić information content (AvgIpc) is 2.60. The second kappa shape index (κ2) is 9.75. The van der Waals surface area contributed by atoms with Crippen molar-refractivity contribution in [3.05, 3.63) is 23.9 Å². The van der Waals surface area contributed by atoms with Gasteiger partial charge in [-0.2, -0.15) is 13.2 Å². The first-order chi connectivity index (χ1) is 12.4. The number of hydrogen-bond donors (Lipinski definition) is 1. The van der Waals surface area contributed by atoms with E-state index in [1.54, 1.807) is 6.92 Å². The summed E-state index contributed by atoms with van der Waals surface area (Å²) in [4.78, 5) is 15.0. The third kappa shape index (κ3) is 6.82. The molecule has 0 bridgehead atoms. The number of nitrogens with one attached hydrogen (secondary N) is 1. The number of carbonyl (C=O) groups is 1. The average molecular weight is 374 g/mol. The Bertz CT molecular complexity index is 556. The van der Waals surface area contributed by atoms with Crippen LogP contribution in [-0.2, 0) is 15.7 Å². The number of alkyl halides is 3. The van der Waals surface area contributed by atoms with Gasteiger partial charge in [-0.15, -0.1) is 0 Å². The van der Waals surface area contributed by atoms with Gasteiger partial charge in [0.15, 0.2) is 0 Å². The van der Waals surface area contributed by atoms with Crippen molar-refractivity contribution >= 4 is 5.97 Å². The Hall–Kier alpha value is -1.83. The molecule has 0 spiro atoms. The van der Waals surface area contributed by atoms with Crippen molar-refractivity contribution in [1.29, 1.82) is 0 Å². The summed E-state index contributed by atoms with van der Waals surface area (Å²) in [5.74, 6) is 0.549. The normalized spacial score (nSPS) is 20.6. The second-order valence-corrected chi connectivity index (χ2v) is 6.40. The molecule has 1 saturated carbocycles. The number of ether oxygens (including phenoxy) is 2. The zero-order valence-corrected chi connectivity index (χ0v) is 14.8. The van der Waals surface area contributed by atoms with Crippen LogP contribution in [0.25, 0.3) is 0 Å². The molecular weight excluding hydrogens is 349 g/mol. The summed E-state index contributed by atoms with van der Waals surface area (Å²) in [5, 5.41) is 3.27. The number of carbonyl (C=O) groups excluding carboxylic acids is 1. The topological polar surface area (TPSA) is 60.5 Å². The fourth-order valence-electron chi connectivity index (χ4n) is 2.97. The molecule has 1 aromatic heterocycles. The van der Waals surface area contributed by atoms with E-state index in [4.69, 9.17) is 9.47 Å². The third-order valence-corrected chi connectivity index (χ3v) is 4.39. The zero-order chi connectivity index (χ0) is 19.0. The van der Waals surface area contributed by atoms with E-state index < -0.39 is 11.7 Å². The number of halogens is 3.